The van der Waals surface area contributed by atoms with Crippen LogP contribution < -0.4 is 0 Å². The van der Waals surface area contributed by atoms with Gasteiger partial charge in [-0.1, -0.05) is 19.1 Å². The molecule has 0 bridgehead atoms. The second-order valence-corrected chi connectivity index (χ2v) is 5.43. The van der Waals surface area contributed by atoms with E-state index in [1.54, 1.807) is 0 Å². The molecule has 0 saturated heterocycles. The third-order valence-electron chi connectivity index (χ3n) is 2.93. The number of benzene rings is 2. The molecule has 1 aromatic heterocycles. The quantitative estimate of drug-likeness (QED) is 0.629. The van der Waals surface area contributed by atoms with Gasteiger partial charge in [0.05, 0.1) is 0 Å². The molecule has 18 heavy (non-hydrogen) atoms. The zero-order valence-electron chi connectivity index (χ0n) is 9.98. The van der Waals surface area contributed by atoms with E-state index in [2.05, 4.69) is 58.8 Å². The number of rotatable bonds is 2. The van der Waals surface area contributed by atoms with Gasteiger partial charge in [-0.05, 0) is 64.9 Å². The predicted octanol–water partition coefficient (Wildman–Crippen LogP) is 4.66. The van der Waals surface area contributed by atoms with Crippen molar-refractivity contribution in [3.63, 3.8) is 0 Å². The molecule has 0 aliphatic carbocycles. The minimum atomic E-state index is 0.691. The highest BCUT2D eigenvalue weighted by molar-refractivity contribution is 14.1. The molecule has 0 spiro atoms. The van der Waals surface area contributed by atoms with Gasteiger partial charge < -0.3 is 4.42 Å². The van der Waals surface area contributed by atoms with Gasteiger partial charge in [-0.2, -0.15) is 0 Å². The zero-order valence-corrected chi connectivity index (χ0v) is 12.1. The molecule has 0 saturated carbocycles. The third kappa shape index (κ3) is 2.14. The maximum atomic E-state index is 5.79. The van der Waals surface area contributed by atoms with Crippen LogP contribution >= 0.6 is 22.6 Å². The lowest BCUT2D eigenvalue weighted by Gasteiger charge is -1.94. The van der Waals surface area contributed by atoms with Crippen molar-refractivity contribution in [1.82, 2.24) is 4.98 Å². The summed E-state index contributed by atoms with van der Waals surface area (Å²) in [6.45, 7) is 2.14. The predicted molar refractivity (Wildman–Crippen MR) is 81.5 cm³/mol. The van der Waals surface area contributed by atoms with E-state index < -0.39 is 0 Å². The van der Waals surface area contributed by atoms with Crippen LogP contribution in [0.4, 0.5) is 0 Å². The summed E-state index contributed by atoms with van der Waals surface area (Å²) < 4.78 is 6.98. The van der Waals surface area contributed by atoms with E-state index in [-0.39, 0.29) is 0 Å². The number of halogens is 1. The second-order valence-electron chi connectivity index (χ2n) is 4.18. The molecule has 1 heterocycles. The lowest BCUT2D eigenvalue weighted by molar-refractivity contribution is 0.619. The lowest BCUT2D eigenvalue weighted by Crippen LogP contribution is -1.79. The van der Waals surface area contributed by atoms with Gasteiger partial charge in [0, 0.05) is 9.13 Å². The van der Waals surface area contributed by atoms with Gasteiger partial charge in [0.2, 0.25) is 5.89 Å². The Morgan fingerprint density at radius 3 is 2.83 bits per heavy atom. The highest BCUT2D eigenvalue weighted by Gasteiger charge is 2.08. The van der Waals surface area contributed by atoms with Crippen LogP contribution in [-0.4, -0.2) is 4.98 Å². The van der Waals surface area contributed by atoms with Crippen molar-refractivity contribution < 1.29 is 4.42 Å². The Balaban J connectivity index is 2.13. The molecule has 3 aromatic rings. The molecule has 0 atom stereocenters. The Morgan fingerprint density at radius 2 is 2.06 bits per heavy atom. The number of oxazole rings is 1. The molecular formula is C15H12INO. The van der Waals surface area contributed by atoms with Crippen LogP contribution in [0.15, 0.2) is 46.9 Å². The van der Waals surface area contributed by atoms with Gasteiger partial charge >= 0.3 is 0 Å². The normalized spacial score (nSPS) is 11.0. The Kier molecular flexibility index (Phi) is 3.07. The molecule has 0 aliphatic heterocycles. The Hall–Kier alpha value is -1.36. The molecule has 0 unspecified atom stereocenters. The third-order valence-corrected chi connectivity index (χ3v) is 3.60. The maximum Gasteiger partial charge on any atom is 0.227 e. The fourth-order valence-corrected chi connectivity index (χ4v) is 2.48. The number of aryl methyl sites for hydroxylation is 1. The van der Waals surface area contributed by atoms with E-state index >= 15 is 0 Å². The SMILES string of the molecule is CCc1ccc2oc(-c3cccc(I)c3)nc2c1. The van der Waals surface area contributed by atoms with Crippen LogP contribution in [0, 0.1) is 3.57 Å². The summed E-state index contributed by atoms with van der Waals surface area (Å²) in [4.78, 5) is 4.56. The Morgan fingerprint density at radius 1 is 1.17 bits per heavy atom. The number of hydrogen-bond donors (Lipinski definition) is 0. The van der Waals surface area contributed by atoms with E-state index in [1.807, 2.05) is 18.2 Å². The fraction of sp³-hybridized carbons (Fsp3) is 0.133. The van der Waals surface area contributed by atoms with Crippen molar-refractivity contribution in [2.45, 2.75) is 13.3 Å². The first-order valence-electron chi connectivity index (χ1n) is 5.91. The molecule has 3 heteroatoms. The van der Waals surface area contributed by atoms with E-state index in [0.717, 1.165) is 23.1 Å². The molecule has 2 nitrogen and oxygen atoms in total. The minimum absolute atomic E-state index is 0.691. The average Bonchev–Trinajstić information content (AvgIpc) is 2.81. The van der Waals surface area contributed by atoms with Crippen LogP contribution in [-0.2, 0) is 6.42 Å². The van der Waals surface area contributed by atoms with Gasteiger partial charge in [-0.3, -0.25) is 0 Å². The van der Waals surface area contributed by atoms with Gasteiger partial charge in [0.25, 0.3) is 0 Å². The molecule has 3 rings (SSSR count). The topological polar surface area (TPSA) is 26.0 Å². The average molecular weight is 349 g/mol. The maximum absolute atomic E-state index is 5.79. The summed E-state index contributed by atoms with van der Waals surface area (Å²) in [5, 5.41) is 0. The molecule has 0 N–H and O–H groups in total. The molecule has 2 aromatic carbocycles. The van der Waals surface area contributed by atoms with Crippen molar-refractivity contribution >= 4 is 33.7 Å². The zero-order chi connectivity index (χ0) is 12.5. The number of aromatic nitrogens is 1. The summed E-state index contributed by atoms with van der Waals surface area (Å²) in [5.41, 5.74) is 4.09. The van der Waals surface area contributed by atoms with Crippen LogP contribution in [0.5, 0.6) is 0 Å². The molecule has 0 fully saturated rings. The molecule has 90 valence electrons. The number of fused-ring (bicyclic) bond motifs is 1. The van der Waals surface area contributed by atoms with Crippen molar-refractivity contribution in [2.24, 2.45) is 0 Å². The fourth-order valence-electron chi connectivity index (χ4n) is 1.94. The number of hydrogen-bond acceptors (Lipinski definition) is 2. The van der Waals surface area contributed by atoms with Gasteiger partial charge in [0.15, 0.2) is 5.58 Å². The van der Waals surface area contributed by atoms with Gasteiger partial charge in [0.1, 0.15) is 5.52 Å². The largest absolute Gasteiger partial charge is 0.436 e. The lowest BCUT2D eigenvalue weighted by atomic mass is 10.1. The monoisotopic (exact) mass is 349 g/mol. The van der Waals surface area contributed by atoms with Crippen LogP contribution in [0.1, 0.15) is 12.5 Å². The summed E-state index contributed by atoms with van der Waals surface area (Å²) in [5.74, 6) is 0.691. The first kappa shape index (κ1) is 11.7. The van der Waals surface area contributed by atoms with E-state index in [1.165, 1.54) is 9.13 Å². The van der Waals surface area contributed by atoms with E-state index in [4.69, 9.17) is 4.42 Å². The van der Waals surface area contributed by atoms with E-state index in [0.29, 0.717) is 5.89 Å². The first-order valence-corrected chi connectivity index (χ1v) is 6.99. The van der Waals surface area contributed by atoms with Crippen molar-refractivity contribution in [1.29, 1.82) is 0 Å². The Bertz CT molecular complexity index is 703. The first-order chi connectivity index (χ1) is 8.76. The molecule has 0 aliphatic rings. The standard InChI is InChI=1S/C15H12INO/c1-2-10-6-7-14-13(8-10)17-15(18-14)11-4-3-5-12(16)9-11/h3-9H,2H2,1H3. The summed E-state index contributed by atoms with van der Waals surface area (Å²) in [6, 6.07) is 14.4. The van der Waals surface area contributed by atoms with Crippen LogP contribution in [0.3, 0.4) is 0 Å². The summed E-state index contributed by atoms with van der Waals surface area (Å²) in [7, 11) is 0. The highest BCUT2D eigenvalue weighted by Crippen LogP contribution is 2.25. The smallest absolute Gasteiger partial charge is 0.227 e. The van der Waals surface area contributed by atoms with Crippen molar-refractivity contribution in [2.75, 3.05) is 0 Å². The van der Waals surface area contributed by atoms with Gasteiger partial charge in [-0.15, -0.1) is 0 Å². The van der Waals surface area contributed by atoms with Crippen molar-refractivity contribution in [3.8, 4) is 11.5 Å². The van der Waals surface area contributed by atoms with Crippen molar-refractivity contribution in [3.05, 3.63) is 51.6 Å². The van der Waals surface area contributed by atoms with E-state index in [9.17, 15) is 0 Å². The van der Waals surface area contributed by atoms with Gasteiger partial charge in [-0.25, -0.2) is 4.98 Å². The Labute approximate surface area is 119 Å². The second kappa shape index (κ2) is 4.72. The minimum Gasteiger partial charge on any atom is -0.436 e. The molecule has 0 radical (unpaired) electrons. The molecule has 0 amide bonds. The molecular weight excluding hydrogens is 337 g/mol. The highest BCUT2D eigenvalue weighted by atomic mass is 127. The number of nitrogens with zero attached hydrogens (tertiary/aromatic N) is 1. The summed E-state index contributed by atoms with van der Waals surface area (Å²) in [6.07, 6.45) is 1.02. The van der Waals surface area contributed by atoms with Crippen LogP contribution in [0.25, 0.3) is 22.6 Å². The summed E-state index contributed by atoms with van der Waals surface area (Å²) >= 11 is 2.29. The van der Waals surface area contributed by atoms with Crippen LogP contribution in [0.2, 0.25) is 0 Å².